The van der Waals surface area contributed by atoms with Crippen LogP contribution in [0.4, 0.5) is 0 Å². The molecule has 1 aliphatic carbocycles. The van der Waals surface area contributed by atoms with Gasteiger partial charge in [0, 0.05) is 0 Å². The number of likely N-dealkylation sites (N-methyl/N-ethyl adjacent to an activating group) is 1. The van der Waals surface area contributed by atoms with Crippen LogP contribution in [0.15, 0.2) is 24.3 Å². The Morgan fingerprint density at radius 2 is 1.95 bits per heavy atom. The SMILES string of the molecule is COc1ccc([C@@H](NC(=O)CN(C)CC(N)=O)C2CC2)cc1. The molecule has 6 heteroatoms. The van der Waals surface area contributed by atoms with E-state index < -0.39 is 5.91 Å². The maximum Gasteiger partial charge on any atom is 0.234 e. The monoisotopic (exact) mass is 305 g/mol. The molecule has 3 N–H and O–H groups in total. The Balaban J connectivity index is 1.96. The third-order valence-corrected chi connectivity index (χ3v) is 3.72. The van der Waals surface area contributed by atoms with Crippen LogP contribution in [0.2, 0.25) is 0 Å². The topological polar surface area (TPSA) is 84.7 Å². The number of nitrogens with two attached hydrogens (primary N) is 1. The molecule has 0 heterocycles. The molecule has 2 amide bonds. The fourth-order valence-electron chi connectivity index (χ4n) is 2.50. The standard InChI is InChI=1S/C16H23N3O3/c1-19(9-14(17)20)10-15(21)18-16(11-3-4-11)12-5-7-13(22-2)8-6-12/h5-8,11,16H,3-4,9-10H2,1-2H3,(H2,17,20)(H,18,21)/t16-/m0/s1. The summed E-state index contributed by atoms with van der Waals surface area (Å²) in [4.78, 5) is 24.6. The molecule has 0 unspecified atom stereocenters. The highest BCUT2D eigenvalue weighted by atomic mass is 16.5. The molecular formula is C16H23N3O3. The van der Waals surface area contributed by atoms with E-state index in [-0.39, 0.29) is 25.0 Å². The summed E-state index contributed by atoms with van der Waals surface area (Å²) in [5.41, 5.74) is 6.20. The van der Waals surface area contributed by atoms with E-state index in [1.165, 1.54) is 0 Å². The third-order valence-electron chi connectivity index (χ3n) is 3.72. The summed E-state index contributed by atoms with van der Waals surface area (Å²) < 4.78 is 5.16. The number of hydrogen-bond acceptors (Lipinski definition) is 4. The van der Waals surface area contributed by atoms with Crippen molar-refractivity contribution in [1.29, 1.82) is 0 Å². The lowest BCUT2D eigenvalue weighted by molar-refractivity contribution is -0.124. The predicted molar refractivity (Wildman–Crippen MR) is 83.3 cm³/mol. The number of benzene rings is 1. The lowest BCUT2D eigenvalue weighted by Gasteiger charge is -2.21. The number of ether oxygens (including phenoxy) is 1. The minimum absolute atomic E-state index is 0.0142. The molecule has 0 radical (unpaired) electrons. The van der Waals surface area contributed by atoms with Crippen molar-refractivity contribution in [1.82, 2.24) is 10.2 Å². The molecule has 1 fully saturated rings. The predicted octanol–water partition coefficient (Wildman–Crippen LogP) is 0.680. The molecule has 1 aromatic carbocycles. The minimum Gasteiger partial charge on any atom is -0.497 e. The van der Waals surface area contributed by atoms with Crippen LogP contribution in [-0.2, 0) is 9.59 Å². The maximum absolute atomic E-state index is 12.1. The lowest BCUT2D eigenvalue weighted by atomic mass is 10.0. The Bertz CT molecular complexity index is 526. The summed E-state index contributed by atoms with van der Waals surface area (Å²) in [5, 5.41) is 3.06. The Labute approximate surface area is 130 Å². The van der Waals surface area contributed by atoms with Gasteiger partial charge < -0.3 is 15.8 Å². The number of methoxy groups -OCH3 is 1. The second-order valence-electron chi connectivity index (χ2n) is 5.79. The second-order valence-corrected chi connectivity index (χ2v) is 5.79. The molecule has 0 aromatic heterocycles. The number of primary amides is 1. The van der Waals surface area contributed by atoms with Gasteiger partial charge in [-0.25, -0.2) is 0 Å². The average Bonchev–Trinajstić information content (AvgIpc) is 3.28. The first-order valence-corrected chi connectivity index (χ1v) is 7.39. The molecule has 0 saturated heterocycles. The fourth-order valence-corrected chi connectivity index (χ4v) is 2.50. The molecule has 0 spiro atoms. The number of nitrogens with zero attached hydrogens (tertiary/aromatic N) is 1. The molecule has 0 bridgehead atoms. The Kier molecular flexibility index (Phi) is 5.38. The van der Waals surface area contributed by atoms with Gasteiger partial charge in [-0.15, -0.1) is 0 Å². The summed E-state index contributed by atoms with van der Waals surface area (Å²) in [7, 11) is 3.33. The van der Waals surface area contributed by atoms with E-state index in [1.807, 2.05) is 24.3 Å². The quantitative estimate of drug-likeness (QED) is 0.739. The zero-order chi connectivity index (χ0) is 16.1. The summed E-state index contributed by atoms with van der Waals surface area (Å²) >= 11 is 0. The van der Waals surface area contributed by atoms with Crippen LogP contribution in [-0.4, -0.2) is 44.0 Å². The van der Waals surface area contributed by atoms with Gasteiger partial charge in [-0.05, 0) is 43.5 Å². The van der Waals surface area contributed by atoms with Crippen molar-refractivity contribution in [3.05, 3.63) is 29.8 Å². The van der Waals surface area contributed by atoms with Crippen LogP contribution in [0.5, 0.6) is 5.75 Å². The van der Waals surface area contributed by atoms with E-state index in [9.17, 15) is 9.59 Å². The van der Waals surface area contributed by atoms with Gasteiger partial charge in [-0.3, -0.25) is 14.5 Å². The zero-order valence-electron chi connectivity index (χ0n) is 13.0. The van der Waals surface area contributed by atoms with Crippen molar-refractivity contribution in [3.63, 3.8) is 0 Å². The van der Waals surface area contributed by atoms with Crippen molar-refractivity contribution in [3.8, 4) is 5.75 Å². The first-order valence-electron chi connectivity index (χ1n) is 7.39. The third kappa shape index (κ3) is 4.73. The number of amides is 2. The molecular weight excluding hydrogens is 282 g/mol. The minimum atomic E-state index is -0.441. The average molecular weight is 305 g/mol. The zero-order valence-corrected chi connectivity index (χ0v) is 13.0. The largest absolute Gasteiger partial charge is 0.497 e. The van der Waals surface area contributed by atoms with Crippen LogP contribution in [0.1, 0.15) is 24.4 Å². The molecule has 6 nitrogen and oxygen atoms in total. The van der Waals surface area contributed by atoms with Gasteiger partial charge >= 0.3 is 0 Å². The lowest BCUT2D eigenvalue weighted by Crippen LogP contribution is -2.40. The number of rotatable bonds is 8. The van der Waals surface area contributed by atoms with Crippen molar-refractivity contribution >= 4 is 11.8 Å². The fraction of sp³-hybridized carbons (Fsp3) is 0.500. The van der Waals surface area contributed by atoms with Gasteiger partial charge in [0.1, 0.15) is 5.75 Å². The van der Waals surface area contributed by atoms with Crippen LogP contribution in [0.3, 0.4) is 0 Å². The molecule has 1 saturated carbocycles. The van der Waals surface area contributed by atoms with E-state index in [1.54, 1.807) is 19.1 Å². The molecule has 1 aromatic rings. The highest BCUT2D eigenvalue weighted by molar-refractivity contribution is 5.80. The van der Waals surface area contributed by atoms with Crippen molar-refractivity contribution in [2.24, 2.45) is 11.7 Å². The molecule has 1 atom stereocenters. The van der Waals surface area contributed by atoms with Crippen LogP contribution < -0.4 is 15.8 Å². The number of carbonyl (C=O) groups excluding carboxylic acids is 2. The van der Waals surface area contributed by atoms with Gasteiger partial charge in [0.2, 0.25) is 11.8 Å². The molecule has 22 heavy (non-hydrogen) atoms. The van der Waals surface area contributed by atoms with E-state index >= 15 is 0 Å². The number of carbonyl (C=O) groups is 2. The molecule has 1 aliphatic rings. The smallest absolute Gasteiger partial charge is 0.234 e. The maximum atomic E-state index is 12.1. The molecule has 0 aliphatic heterocycles. The van der Waals surface area contributed by atoms with Gasteiger partial charge in [0.25, 0.3) is 0 Å². The normalized spacial score (nSPS) is 15.4. The van der Waals surface area contributed by atoms with E-state index in [0.717, 1.165) is 24.2 Å². The van der Waals surface area contributed by atoms with Crippen molar-refractivity contribution < 1.29 is 14.3 Å². The van der Waals surface area contributed by atoms with Crippen molar-refractivity contribution in [2.75, 3.05) is 27.2 Å². The Morgan fingerprint density at radius 1 is 1.32 bits per heavy atom. The highest BCUT2D eigenvalue weighted by Gasteiger charge is 2.33. The molecule has 2 rings (SSSR count). The number of nitrogens with one attached hydrogen (secondary N) is 1. The summed E-state index contributed by atoms with van der Waals surface area (Å²) in [6.45, 7) is 0.229. The van der Waals surface area contributed by atoms with Crippen molar-refractivity contribution in [2.45, 2.75) is 18.9 Å². The van der Waals surface area contributed by atoms with Crippen LogP contribution in [0.25, 0.3) is 0 Å². The van der Waals surface area contributed by atoms with Gasteiger partial charge in [0.15, 0.2) is 0 Å². The highest BCUT2D eigenvalue weighted by Crippen LogP contribution is 2.41. The van der Waals surface area contributed by atoms with E-state index in [0.29, 0.717) is 5.92 Å². The number of hydrogen-bond donors (Lipinski definition) is 2. The van der Waals surface area contributed by atoms with Gasteiger partial charge in [0.05, 0.1) is 26.2 Å². The summed E-state index contributed by atoms with van der Waals surface area (Å²) in [6.07, 6.45) is 2.24. The van der Waals surface area contributed by atoms with Gasteiger partial charge in [-0.2, -0.15) is 0 Å². The van der Waals surface area contributed by atoms with Crippen LogP contribution in [0, 0.1) is 5.92 Å². The van der Waals surface area contributed by atoms with E-state index in [4.69, 9.17) is 10.5 Å². The first-order chi connectivity index (χ1) is 10.5. The Morgan fingerprint density at radius 3 is 2.45 bits per heavy atom. The molecule has 120 valence electrons. The Hall–Kier alpha value is -2.08. The van der Waals surface area contributed by atoms with E-state index in [2.05, 4.69) is 5.32 Å². The van der Waals surface area contributed by atoms with Gasteiger partial charge in [-0.1, -0.05) is 12.1 Å². The summed E-state index contributed by atoms with van der Waals surface area (Å²) in [6, 6.07) is 7.77. The first kappa shape index (κ1) is 16.3. The van der Waals surface area contributed by atoms with Crippen LogP contribution >= 0.6 is 0 Å². The second kappa shape index (κ2) is 7.26. The summed E-state index contributed by atoms with van der Waals surface area (Å²) in [5.74, 6) is 0.741.